The van der Waals surface area contributed by atoms with Gasteiger partial charge in [-0.25, -0.2) is 14.8 Å². The highest BCUT2D eigenvalue weighted by Gasteiger charge is 2.53. The minimum atomic E-state index is -4.48. The van der Waals surface area contributed by atoms with Gasteiger partial charge in [-0.1, -0.05) is 18.2 Å². The molecule has 37 heavy (non-hydrogen) atoms. The summed E-state index contributed by atoms with van der Waals surface area (Å²) >= 11 is 0. The van der Waals surface area contributed by atoms with Gasteiger partial charge >= 0.3 is 12.2 Å². The lowest BCUT2D eigenvalue weighted by Gasteiger charge is -2.59. The molecule has 2 amide bonds. The number of aromatic nitrogens is 2. The Kier molecular flexibility index (Phi) is 6.48. The van der Waals surface area contributed by atoms with Crippen LogP contribution in [0.3, 0.4) is 0 Å². The quantitative estimate of drug-likeness (QED) is 0.672. The Hall–Kier alpha value is -3.39. The zero-order chi connectivity index (χ0) is 26.4. The lowest BCUT2D eigenvalue weighted by Crippen LogP contribution is -2.68. The maximum atomic E-state index is 13.1. The molecule has 2 aromatic rings. The number of hydrogen-bond donors (Lipinski definition) is 1. The molecule has 11 heteroatoms. The molecule has 3 fully saturated rings. The number of piperazine rings is 1. The van der Waals surface area contributed by atoms with Crippen LogP contribution in [-0.2, 0) is 12.7 Å². The van der Waals surface area contributed by atoms with Crippen LogP contribution in [-0.4, -0.2) is 70.1 Å². The molecule has 2 saturated heterocycles. The average molecular weight is 514 g/mol. The smallest absolute Gasteiger partial charge is 0.337 e. The van der Waals surface area contributed by atoms with Crippen molar-refractivity contribution >= 4 is 12.0 Å². The molecule has 3 heterocycles. The highest BCUT2D eigenvalue weighted by atomic mass is 19.4. The summed E-state index contributed by atoms with van der Waals surface area (Å²) in [5.41, 5.74) is 1.13. The van der Waals surface area contributed by atoms with E-state index in [1.54, 1.807) is 0 Å². The minimum absolute atomic E-state index is 0.105. The zero-order valence-electron chi connectivity index (χ0n) is 20.9. The second-order valence-electron chi connectivity index (χ2n) is 10.7. The van der Waals surface area contributed by atoms with Gasteiger partial charge in [-0.15, -0.1) is 0 Å². The zero-order valence-corrected chi connectivity index (χ0v) is 20.9. The molecule has 1 aliphatic carbocycles. The molecule has 1 spiro atoms. The Morgan fingerprint density at radius 1 is 1.14 bits per heavy atom. The van der Waals surface area contributed by atoms with E-state index in [4.69, 9.17) is 0 Å². The van der Waals surface area contributed by atoms with Crippen molar-refractivity contribution in [2.24, 2.45) is 5.41 Å². The minimum Gasteiger partial charge on any atom is -0.337 e. The Labute approximate surface area is 214 Å². The van der Waals surface area contributed by atoms with E-state index in [1.165, 1.54) is 0 Å². The third kappa shape index (κ3) is 5.07. The first-order chi connectivity index (χ1) is 17.6. The van der Waals surface area contributed by atoms with Crippen molar-refractivity contribution in [3.8, 4) is 6.07 Å². The summed E-state index contributed by atoms with van der Waals surface area (Å²) in [6, 6.07) is 9.67. The first kappa shape index (κ1) is 25.3. The number of nitrogens with one attached hydrogen (secondary N) is 1. The molecule has 2 atom stereocenters. The largest absolute Gasteiger partial charge is 0.419 e. The van der Waals surface area contributed by atoms with Gasteiger partial charge in [0.1, 0.15) is 0 Å². The van der Waals surface area contributed by atoms with Crippen LogP contribution in [0, 0.1) is 16.7 Å². The number of nitrogens with zero attached hydrogens (tertiary/aromatic N) is 6. The number of likely N-dealkylation sites (tertiary alicyclic amines) is 1. The van der Waals surface area contributed by atoms with Crippen molar-refractivity contribution < 1.29 is 18.0 Å². The number of urea groups is 1. The molecule has 8 nitrogen and oxygen atoms in total. The Balaban J connectivity index is 1.09. The van der Waals surface area contributed by atoms with Crippen LogP contribution in [0.15, 0.2) is 36.7 Å². The van der Waals surface area contributed by atoms with Gasteiger partial charge in [0, 0.05) is 63.2 Å². The van der Waals surface area contributed by atoms with Crippen LogP contribution in [0.4, 0.5) is 23.9 Å². The number of benzene rings is 1. The van der Waals surface area contributed by atoms with E-state index in [1.807, 2.05) is 47.9 Å². The molecule has 196 valence electrons. The van der Waals surface area contributed by atoms with Crippen LogP contribution in [0.1, 0.15) is 43.4 Å². The summed E-state index contributed by atoms with van der Waals surface area (Å²) in [5.74, 6) is 0.236. The predicted octanol–water partition coefficient (Wildman–Crippen LogP) is 3.64. The number of nitriles is 1. The molecule has 2 aliphatic heterocycles. The lowest BCUT2D eigenvalue weighted by molar-refractivity contribution is -0.138. The molecule has 0 bridgehead atoms. The van der Waals surface area contributed by atoms with E-state index in [-0.39, 0.29) is 35.5 Å². The van der Waals surface area contributed by atoms with Gasteiger partial charge in [0.25, 0.3) is 0 Å². The molecule has 0 unspecified atom stereocenters. The lowest BCUT2D eigenvalue weighted by atomic mass is 9.60. The number of alkyl halides is 3. The standard InChI is InChI=1S/C26H30F3N7O/c1-17-12-35(23-31-10-21(11-32-23)26(27,28)29)13-18(2)36(17)24(37)33-22-7-25(8-22)15-34(16-25)14-20-6-4-3-5-19(20)9-30/h3-6,10-11,17-18,22H,7-8,12-16H2,1-2H3,(H,33,37)/t17-,18+. The molecular weight excluding hydrogens is 483 g/mol. The Bertz CT molecular complexity index is 1170. The third-order valence-corrected chi connectivity index (χ3v) is 7.74. The molecular formula is C26H30F3N7O. The maximum Gasteiger partial charge on any atom is 0.419 e. The highest BCUT2D eigenvalue weighted by molar-refractivity contribution is 5.76. The van der Waals surface area contributed by atoms with Gasteiger partial charge in [0.2, 0.25) is 5.95 Å². The van der Waals surface area contributed by atoms with Crippen molar-refractivity contribution in [1.29, 1.82) is 5.26 Å². The molecule has 1 aromatic heterocycles. The van der Waals surface area contributed by atoms with E-state index in [0.717, 1.165) is 56.0 Å². The first-order valence-corrected chi connectivity index (χ1v) is 12.5. The van der Waals surface area contributed by atoms with Crippen LogP contribution in [0.25, 0.3) is 0 Å². The summed E-state index contributed by atoms with van der Waals surface area (Å²) in [7, 11) is 0. The fourth-order valence-electron chi connectivity index (χ4n) is 6.13. The monoisotopic (exact) mass is 513 g/mol. The van der Waals surface area contributed by atoms with E-state index in [0.29, 0.717) is 13.1 Å². The average Bonchev–Trinajstić information content (AvgIpc) is 2.80. The van der Waals surface area contributed by atoms with Gasteiger partial charge in [-0.2, -0.15) is 18.4 Å². The molecule has 0 radical (unpaired) electrons. The number of anilines is 1. The predicted molar refractivity (Wildman–Crippen MR) is 130 cm³/mol. The number of amides is 2. The van der Waals surface area contributed by atoms with Crippen LogP contribution < -0.4 is 10.2 Å². The van der Waals surface area contributed by atoms with Gasteiger partial charge in [-0.3, -0.25) is 4.90 Å². The molecule has 1 saturated carbocycles. The molecule has 1 aromatic carbocycles. The fourth-order valence-corrected chi connectivity index (χ4v) is 6.13. The van der Waals surface area contributed by atoms with E-state index in [2.05, 4.69) is 26.3 Å². The van der Waals surface area contributed by atoms with Crippen LogP contribution in [0.2, 0.25) is 0 Å². The molecule has 3 aliphatic rings. The maximum absolute atomic E-state index is 13.1. The Morgan fingerprint density at radius 3 is 2.35 bits per heavy atom. The SMILES string of the molecule is C[C@@H]1CN(c2ncc(C(F)(F)F)cn2)C[C@H](C)N1C(=O)NC1CC2(C1)CN(Cc1ccccc1C#N)C2. The van der Waals surface area contributed by atoms with Gasteiger partial charge < -0.3 is 15.1 Å². The van der Waals surface area contributed by atoms with Crippen molar-refractivity contribution in [3.63, 3.8) is 0 Å². The van der Waals surface area contributed by atoms with E-state index in [9.17, 15) is 23.2 Å². The van der Waals surface area contributed by atoms with E-state index < -0.39 is 11.7 Å². The van der Waals surface area contributed by atoms with Gasteiger partial charge in [-0.05, 0) is 43.7 Å². The molecule has 1 N–H and O–H groups in total. The second kappa shape index (κ2) is 9.49. The summed E-state index contributed by atoms with van der Waals surface area (Å²) in [4.78, 5) is 26.9. The van der Waals surface area contributed by atoms with Crippen molar-refractivity contribution in [2.45, 2.75) is 57.5 Å². The number of halogens is 3. The van der Waals surface area contributed by atoms with E-state index >= 15 is 0 Å². The van der Waals surface area contributed by atoms with Gasteiger partial charge in [0.05, 0.1) is 17.2 Å². The summed E-state index contributed by atoms with van der Waals surface area (Å²) in [6.45, 7) is 7.45. The Morgan fingerprint density at radius 2 is 1.76 bits per heavy atom. The van der Waals surface area contributed by atoms with Gasteiger partial charge in [0.15, 0.2) is 0 Å². The normalized spacial score (nSPS) is 23.8. The highest BCUT2D eigenvalue weighted by Crippen LogP contribution is 2.49. The number of carbonyl (C=O) groups excluding carboxylic acids is 1. The number of carbonyl (C=O) groups is 1. The van der Waals surface area contributed by atoms with Crippen molar-refractivity contribution in [3.05, 3.63) is 53.3 Å². The summed E-state index contributed by atoms with van der Waals surface area (Å²) in [6.07, 6.45) is -0.995. The fraction of sp³-hybridized carbons (Fsp3) is 0.538. The summed E-state index contributed by atoms with van der Waals surface area (Å²) in [5, 5.41) is 12.5. The third-order valence-electron chi connectivity index (χ3n) is 7.74. The first-order valence-electron chi connectivity index (χ1n) is 12.5. The number of hydrogen-bond acceptors (Lipinski definition) is 6. The number of rotatable bonds is 4. The van der Waals surface area contributed by atoms with Crippen LogP contribution >= 0.6 is 0 Å². The van der Waals surface area contributed by atoms with Crippen molar-refractivity contribution in [2.75, 3.05) is 31.1 Å². The van der Waals surface area contributed by atoms with Crippen LogP contribution in [0.5, 0.6) is 0 Å². The topological polar surface area (TPSA) is 88.4 Å². The summed E-state index contributed by atoms with van der Waals surface area (Å²) < 4.78 is 38.5. The second-order valence-corrected chi connectivity index (χ2v) is 10.7. The van der Waals surface area contributed by atoms with Crippen molar-refractivity contribution in [1.82, 2.24) is 25.1 Å². The molecule has 5 rings (SSSR count).